The van der Waals surface area contributed by atoms with Crippen LogP contribution in [0, 0.1) is 22.9 Å². The highest BCUT2D eigenvalue weighted by molar-refractivity contribution is 5.95. The van der Waals surface area contributed by atoms with Crippen molar-refractivity contribution in [2.24, 2.45) is 0 Å². The summed E-state index contributed by atoms with van der Waals surface area (Å²) in [6.45, 7) is 4.08. The zero-order valence-corrected chi connectivity index (χ0v) is 13.8. The number of nitrogens with zero attached hydrogens (tertiary/aromatic N) is 3. The molecule has 0 radical (unpaired) electrons. The number of halogens is 1. The molecule has 1 aliphatic heterocycles. The monoisotopic (exact) mass is 343 g/mol. The number of anilines is 1. The fourth-order valence-corrected chi connectivity index (χ4v) is 2.95. The third-order valence-electron chi connectivity index (χ3n) is 4.42. The second kappa shape index (κ2) is 6.88. The van der Waals surface area contributed by atoms with Gasteiger partial charge in [-0.2, -0.15) is 0 Å². The summed E-state index contributed by atoms with van der Waals surface area (Å²) < 4.78 is 13.4. The molecular formula is C18H18FN3O3. The minimum atomic E-state index is -0.429. The van der Waals surface area contributed by atoms with Crippen LogP contribution >= 0.6 is 0 Å². The Hall–Kier alpha value is -2.96. The van der Waals surface area contributed by atoms with Crippen molar-refractivity contribution < 1.29 is 14.1 Å². The van der Waals surface area contributed by atoms with E-state index in [0.717, 1.165) is 11.3 Å². The van der Waals surface area contributed by atoms with Gasteiger partial charge in [0.25, 0.3) is 11.6 Å². The number of hydrogen-bond acceptors (Lipinski definition) is 4. The van der Waals surface area contributed by atoms with E-state index in [4.69, 9.17) is 0 Å². The van der Waals surface area contributed by atoms with Gasteiger partial charge in [0.05, 0.1) is 4.92 Å². The summed E-state index contributed by atoms with van der Waals surface area (Å²) in [4.78, 5) is 26.7. The minimum Gasteiger partial charge on any atom is -0.368 e. The second-order valence-corrected chi connectivity index (χ2v) is 6.01. The number of nitro groups is 1. The topological polar surface area (TPSA) is 66.7 Å². The zero-order valence-electron chi connectivity index (χ0n) is 13.8. The summed E-state index contributed by atoms with van der Waals surface area (Å²) in [5, 5.41) is 10.7. The molecule has 0 unspecified atom stereocenters. The summed E-state index contributed by atoms with van der Waals surface area (Å²) in [5.41, 5.74) is 2.09. The molecule has 0 bridgehead atoms. The number of carbonyl (C=O) groups is 1. The van der Waals surface area contributed by atoms with Crippen LogP contribution in [0.15, 0.2) is 42.5 Å². The Balaban J connectivity index is 1.66. The molecule has 2 aromatic rings. The normalized spacial score (nSPS) is 14.5. The van der Waals surface area contributed by atoms with Crippen LogP contribution in [0.1, 0.15) is 15.9 Å². The van der Waals surface area contributed by atoms with Crippen LogP contribution in [0.25, 0.3) is 0 Å². The van der Waals surface area contributed by atoms with Gasteiger partial charge < -0.3 is 9.80 Å². The molecule has 1 saturated heterocycles. The van der Waals surface area contributed by atoms with E-state index in [0.29, 0.717) is 31.7 Å². The lowest BCUT2D eigenvalue weighted by molar-refractivity contribution is -0.384. The second-order valence-electron chi connectivity index (χ2n) is 6.01. The first-order valence-electron chi connectivity index (χ1n) is 8.00. The van der Waals surface area contributed by atoms with Crippen molar-refractivity contribution in [3.8, 4) is 0 Å². The van der Waals surface area contributed by atoms with Gasteiger partial charge in [-0.15, -0.1) is 0 Å². The molecule has 130 valence electrons. The maximum Gasteiger partial charge on any atom is 0.269 e. The molecule has 0 atom stereocenters. The molecule has 1 heterocycles. The number of aryl methyl sites for hydroxylation is 1. The van der Waals surface area contributed by atoms with Gasteiger partial charge in [-0.3, -0.25) is 14.9 Å². The van der Waals surface area contributed by atoms with Crippen LogP contribution in [0.2, 0.25) is 0 Å². The van der Waals surface area contributed by atoms with E-state index in [1.807, 2.05) is 0 Å². The van der Waals surface area contributed by atoms with Gasteiger partial charge in [-0.25, -0.2) is 4.39 Å². The Morgan fingerprint density at radius 1 is 1.08 bits per heavy atom. The lowest BCUT2D eigenvalue weighted by Gasteiger charge is -2.36. The molecule has 1 aliphatic rings. The van der Waals surface area contributed by atoms with Crippen LogP contribution in [-0.4, -0.2) is 41.9 Å². The lowest BCUT2D eigenvalue weighted by atomic mass is 10.1. The Kier molecular flexibility index (Phi) is 4.65. The number of carbonyl (C=O) groups excluding carboxylic acids is 1. The average molecular weight is 343 g/mol. The number of piperazine rings is 1. The highest BCUT2D eigenvalue weighted by Gasteiger charge is 2.23. The molecule has 7 heteroatoms. The van der Waals surface area contributed by atoms with Gasteiger partial charge in [0, 0.05) is 49.6 Å². The van der Waals surface area contributed by atoms with E-state index in [9.17, 15) is 19.3 Å². The lowest BCUT2D eigenvalue weighted by Crippen LogP contribution is -2.49. The van der Waals surface area contributed by atoms with Crippen molar-refractivity contribution in [2.75, 3.05) is 31.1 Å². The Morgan fingerprint density at radius 3 is 2.32 bits per heavy atom. The van der Waals surface area contributed by atoms with E-state index < -0.39 is 10.7 Å². The van der Waals surface area contributed by atoms with Crippen molar-refractivity contribution in [1.82, 2.24) is 4.90 Å². The van der Waals surface area contributed by atoms with Crippen LogP contribution in [0.5, 0.6) is 0 Å². The molecule has 0 N–H and O–H groups in total. The Labute approximate surface area is 144 Å². The standard InChI is InChI=1S/C18H18FN3O3/c1-13-2-3-14(19)12-17(13)18(23)21-10-8-20(9-11-21)15-4-6-16(7-5-15)22(24)25/h2-7,12H,8-11H2,1H3. The predicted molar refractivity (Wildman–Crippen MR) is 92.3 cm³/mol. The van der Waals surface area contributed by atoms with Crippen LogP contribution in [0.3, 0.4) is 0 Å². The zero-order chi connectivity index (χ0) is 18.0. The van der Waals surface area contributed by atoms with Crippen molar-refractivity contribution in [1.29, 1.82) is 0 Å². The molecule has 1 fully saturated rings. The molecule has 1 amide bonds. The van der Waals surface area contributed by atoms with Crippen molar-refractivity contribution in [3.05, 3.63) is 69.5 Å². The average Bonchev–Trinajstić information content (AvgIpc) is 2.63. The molecule has 3 rings (SSSR count). The van der Waals surface area contributed by atoms with Gasteiger partial charge in [0.2, 0.25) is 0 Å². The molecule has 6 nitrogen and oxygen atoms in total. The van der Waals surface area contributed by atoms with Crippen LogP contribution < -0.4 is 4.90 Å². The smallest absolute Gasteiger partial charge is 0.269 e. The maximum atomic E-state index is 13.4. The number of amides is 1. The summed E-state index contributed by atoms with van der Waals surface area (Å²) in [6.07, 6.45) is 0. The van der Waals surface area contributed by atoms with Gasteiger partial charge in [-0.05, 0) is 36.8 Å². The number of hydrogen-bond donors (Lipinski definition) is 0. The number of benzene rings is 2. The van der Waals surface area contributed by atoms with Crippen molar-refractivity contribution >= 4 is 17.3 Å². The first kappa shape index (κ1) is 16.9. The fourth-order valence-electron chi connectivity index (χ4n) is 2.95. The van der Waals surface area contributed by atoms with Crippen molar-refractivity contribution in [2.45, 2.75) is 6.92 Å². The quantitative estimate of drug-likeness (QED) is 0.635. The van der Waals surface area contributed by atoms with Crippen molar-refractivity contribution in [3.63, 3.8) is 0 Å². The molecule has 0 aromatic heterocycles. The number of nitro benzene ring substituents is 1. The molecular weight excluding hydrogens is 325 g/mol. The highest BCUT2D eigenvalue weighted by Crippen LogP contribution is 2.21. The van der Waals surface area contributed by atoms with E-state index in [1.165, 1.54) is 24.3 Å². The number of non-ortho nitro benzene ring substituents is 1. The SMILES string of the molecule is Cc1ccc(F)cc1C(=O)N1CCN(c2ccc([N+](=O)[O-])cc2)CC1. The number of rotatable bonds is 3. The summed E-state index contributed by atoms with van der Waals surface area (Å²) in [7, 11) is 0. The first-order valence-corrected chi connectivity index (χ1v) is 8.00. The fraction of sp³-hybridized carbons (Fsp3) is 0.278. The molecule has 2 aromatic carbocycles. The molecule has 0 saturated carbocycles. The van der Waals surface area contributed by atoms with E-state index >= 15 is 0 Å². The van der Waals surface area contributed by atoms with Gasteiger partial charge in [-0.1, -0.05) is 6.07 Å². The van der Waals surface area contributed by atoms with Gasteiger partial charge in [0.1, 0.15) is 5.82 Å². The third-order valence-corrected chi connectivity index (χ3v) is 4.42. The van der Waals surface area contributed by atoms with Crippen LogP contribution in [-0.2, 0) is 0 Å². The molecule has 0 spiro atoms. The predicted octanol–water partition coefficient (Wildman–Crippen LogP) is 3.00. The van der Waals surface area contributed by atoms with Gasteiger partial charge >= 0.3 is 0 Å². The summed E-state index contributed by atoms with van der Waals surface area (Å²) in [5.74, 6) is -0.584. The third kappa shape index (κ3) is 3.60. The highest BCUT2D eigenvalue weighted by atomic mass is 19.1. The Bertz CT molecular complexity index is 800. The summed E-state index contributed by atoms with van der Waals surface area (Å²) in [6, 6.07) is 10.6. The Morgan fingerprint density at radius 2 is 1.72 bits per heavy atom. The summed E-state index contributed by atoms with van der Waals surface area (Å²) >= 11 is 0. The van der Waals surface area contributed by atoms with E-state index in [2.05, 4.69) is 4.90 Å². The maximum absolute atomic E-state index is 13.4. The van der Waals surface area contributed by atoms with Crippen LogP contribution in [0.4, 0.5) is 15.8 Å². The molecule has 0 aliphatic carbocycles. The van der Waals surface area contributed by atoms with E-state index in [-0.39, 0.29) is 11.6 Å². The first-order chi connectivity index (χ1) is 12.0. The largest absolute Gasteiger partial charge is 0.368 e. The minimum absolute atomic E-state index is 0.0548. The van der Waals surface area contributed by atoms with Gasteiger partial charge in [0.15, 0.2) is 0 Å². The molecule has 25 heavy (non-hydrogen) atoms. The van der Waals surface area contributed by atoms with E-state index in [1.54, 1.807) is 30.0 Å².